The third-order valence-corrected chi connectivity index (χ3v) is 5.60. The van der Waals surface area contributed by atoms with Gasteiger partial charge in [-0.05, 0) is 40.8 Å². The van der Waals surface area contributed by atoms with Crippen LogP contribution < -0.4 is 4.74 Å². The van der Waals surface area contributed by atoms with Crippen LogP contribution >= 0.6 is 23.2 Å². The van der Waals surface area contributed by atoms with Gasteiger partial charge in [-0.1, -0.05) is 60.5 Å². The number of esters is 1. The first-order valence-electron chi connectivity index (χ1n) is 7.99. The molecule has 6 nitrogen and oxygen atoms in total. The van der Waals surface area contributed by atoms with E-state index in [9.17, 15) is 4.79 Å². The van der Waals surface area contributed by atoms with Gasteiger partial charge in [0.05, 0.1) is 5.02 Å². The number of rotatable bonds is 3. The summed E-state index contributed by atoms with van der Waals surface area (Å²) in [5.41, 5.74) is 3.14. The van der Waals surface area contributed by atoms with Gasteiger partial charge in [0.15, 0.2) is 5.75 Å². The Bertz CT molecular complexity index is 977. The largest absolute Gasteiger partial charge is 0.419 e. The highest BCUT2D eigenvalue weighted by Gasteiger charge is 2.37. The number of tetrazole rings is 1. The number of hydrogen-bond donors (Lipinski definition) is 1. The predicted octanol–water partition coefficient (Wildman–Crippen LogP) is 3.78. The molecule has 1 unspecified atom stereocenters. The number of nitrogens with one attached hydrogen (secondary N) is 1. The van der Waals surface area contributed by atoms with Gasteiger partial charge in [-0.2, -0.15) is 5.21 Å². The second-order valence-corrected chi connectivity index (χ2v) is 7.30. The third kappa shape index (κ3) is 2.85. The minimum absolute atomic E-state index is 0.0904. The molecule has 1 N–H and O–H groups in total. The lowest BCUT2D eigenvalue weighted by molar-refractivity contribution is 0.0722. The maximum absolute atomic E-state index is 12.1. The summed E-state index contributed by atoms with van der Waals surface area (Å²) in [7, 11) is 0. The Labute approximate surface area is 159 Å². The molecule has 1 aliphatic carbocycles. The molecular formula is C18H14Cl2N4O2. The van der Waals surface area contributed by atoms with Gasteiger partial charge in [-0.25, -0.2) is 4.79 Å². The number of hydrogen-bond acceptors (Lipinski definition) is 5. The monoisotopic (exact) mass is 388 g/mol. The minimum Gasteiger partial charge on any atom is -0.419 e. The van der Waals surface area contributed by atoms with Crippen molar-refractivity contribution in [2.45, 2.75) is 25.2 Å². The van der Waals surface area contributed by atoms with E-state index < -0.39 is 5.97 Å². The number of H-pyrrole nitrogens is 1. The molecule has 0 saturated heterocycles. The average molecular weight is 389 g/mol. The van der Waals surface area contributed by atoms with Crippen molar-refractivity contribution in [3.05, 3.63) is 69.0 Å². The molecule has 0 bridgehead atoms. The second-order valence-electron chi connectivity index (χ2n) is 6.55. The number of ether oxygens (including phenoxy) is 1. The van der Waals surface area contributed by atoms with Crippen LogP contribution in [0.25, 0.3) is 0 Å². The van der Waals surface area contributed by atoms with Crippen molar-refractivity contribution in [3.63, 3.8) is 0 Å². The molecule has 1 heterocycles. The van der Waals surface area contributed by atoms with Crippen LogP contribution in [0, 0.1) is 0 Å². The summed E-state index contributed by atoms with van der Waals surface area (Å²) in [4.78, 5) is 12.1. The van der Waals surface area contributed by atoms with E-state index in [1.807, 2.05) is 18.2 Å². The molecule has 4 rings (SSSR count). The molecule has 1 atom stereocenters. The smallest absolute Gasteiger partial charge is 0.385 e. The van der Waals surface area contributed by atoms with Crippen LogP contribution in [0.1, 0.15) is 34.2 Å². The number of fused-ring (bicyclic) bond motifs is 1. The minimum atomic E-state index is -0.750. The van der Waals surface area contributed by atoms with Crippen molar-refractivity contribution in [2.24, 2.45) is 0 Å². The Balaban J connectivity index is 1.68. The molecule has 0 amide bonds. The van der Waals surface area contributed by atoms with Gasteiger partial charge in [-0.15, -0.1) is 10.2 Å². The van der Waals surface area contributed by atoms with Crippen molar-refractivity contribution in [1.29, 1.82) is 0 Å². The molecule has 1 aromatic heterocycles. The number of halogens is 2. The normalized spacial score (nSPS) is 18.6. The van der Waals surface area contributed by atoms with E-state index in [0.717, 1.165) is 24.0 Å². The number of nitrogens with zero attached hydrogens (tertiary/aromatic N) is 3. The summed E-state index contributed by atoms with van der Waals surface area (Å²) in [6.45, 7) is 2.19. The molecule has 0 aliphatic heterocycles. The molecule has 26 heavy (non-hydrogen) atoms. The van der Waals surface area contributed by atoms with Crippen LogP contribution in [-0.4, -0.2) is 26.6 Å². The Kier molecular flexibility index (Phi) is 4.17. The highest BCUT2D eigenvalue weighted by atomic mass is 35.5. The van der Waals surface area contributed by atoms with E-state index in [2.05, 4.69) is 39.7 Å². The molecule has 1 aliphatic rings. The fourth-order valence-corrected chi connectivity index (χ4v) is 3.91. The lowest BCUT2D eigenvalue weighted by atomic mass is 9.80. The Morgan fingerprint density at radius 3 is 2.65 bits per heavy atom. The fourth-order valence-electron chi connectivity index (χ4n) is 3.42. The Morgan fingerprint density at radius 1 is 1.19 bits per heavy atom. The highest BCUT2D eigenvalue weighted by molar-refractivity contribution is 6.43. The summed E-state index contributed by atoms with van der Waals surface area (Å²) in [5, 5.41) is 13.4. The summed E-state index contributed by atoms with van der Waals surface area (Å²) in [6.07, 6.45) is 1.54. The lowest BCUT2D eigenvalue weighted by Crippen LogP contribution is -2.22. The molecule has 132 valence electrons. The fraction of sp³-hybridized carbons (Fsp3) is 0.222. The summed E-state index contributed by atoms with van der Waals surface area (Å²) < 4.78 is 5.33. The summed E-state index contributed by atoms with van der Waals surface area (Å²) >= 11 is 12.8. The molecule has 8 heteroatoms. The van der Waals surface area contributed by atoms with Gasteiger partial charge in [0.1, 0.15) is 5.02 Å². The highest BCUT2D eigenvalue weighted by Crippen LogP contribution is 2.47. The zero-order chi connectivity index (χ0) is 18.3. The van der Waals surface area contributed by atoms with E-state index >= 15 is 0 Å². The average Bonchev–Trinajstić information content (AvgIpc) is 3.29. The van der Waals surface area contributed by atoms with Crippen molar-refractivity contribution in [3.8, 4) is 5.75 Å². The molecular weight excluding hydrogens is 375 g/mol. The number of aromatic nitrogens is 4. The van der Waals surface area contributed by atoms with E-state index in [1.54, 1.807) is 6.07 Å². The van der Waals surface area contributed by atoms with Crippen molar-refractivity contribution in [1.82, 2.24) is 20.6 Å². The quantitative estimate of drug-likeness (QED) is 0.545. The Hall–Kier alpha value is -2.44. The summed E-state index contributed by atoms with van der Waals surface area (Å²) in [5.74, 6) is -0.727. The van der Waals surface area contributed by atoms with Crippen LogP contribution in [0.2, 0.25) is 10.0 Å². The Morgan fingerprint density at radius 2 is 1.96 bits per heavy atom. The number of benzene rings is 2. The SMILES string of the molecule is CC1(c2ccccc2)Cc2cc(OC(=O)c3nn[nH]n3)c(Cl)c(Cl)c2C1. The maximum atomic E-state index is 12.1. The van der Waals surface area contributed by atoms with Crippen LogP contribution in [-0.2, 0) is 18.3 Å². The van der Waals surface area contributed by atoms with Gasteiger partial charge >= 0.3 is 5.97 Å². The first kappa shape index (κ1) is 17.0. The van der Waals surface area contributed by atoms with Gasteiger partial charge in [0.2, 0.25) is 0 Å². The predicted molar refractivity (Wildman–Crippen MR) is 96.8 cm³/mol. The van der Waals surface area contributed by atoms with E-state index in [-0.39, 0.29) is 22.0 Å². The molecule has 0 fully saturated rings. The van der Waals surface area contributed by atoms with Crippen LogP contribution in [0.5, 0.6) is 5.75 Å². The van der Waals surface area contributed by atoms with Crippen LogP contribution in [0.3, 0.4) is 0 Å². The number of carbonyl (C=O) groups excluding carboxylic acids is 1. The van der Waals surface area contributed by atoms with Gasteiger partial charge in [0, 0.05) is 5.41 Å². The third-order valence-electron chi connectivity index (χ3n) is 4.72. The van der Waals surface area contributed by atoms with Crippen molar-refractivity contribution in [2.75, 3.05) is 0 Å². The van der Waals surface area contributed by atoms with E-state index in [1.165, 1.54) is 5.56 Å². The van der Waals surface area contributed by atoms with Gasteiger partial charge in [0.25, 0.3) is 5.82 Å². The number of aromatic amines is 1. The molecule has 0 spiro atoms. The first-order valence-corrected chi connectivity index (χ1v) is 8.74. The van der Waals surface area contributed by atoms with Crippen LogP contribution in [0.4, 0.5) is 0 Å². The lowest BCUT2D eigenvalue weighted by Gasteiger charge is -2.24. The zero-order valence-corrected chi connectivity index (χ0v) is 15.3. The maximum Gasteiger partial charge on any atom is 0.385 e. The van der Waals surface area contributed by atoms with E-state index in [0.29, 0.717) is 5.02 Å². The van der Waals surface area contributed by atoms with Gasteiger partial charge in [-0.3, -0.25) is 0 Å². The standard InChI is InChI=1S/C18H14Cl2N4O2/c1-18(11-5-3-2-4-6-11)8-10-7-13(15(20)14(19)12(10)9-18)26-17(25)16-21-23-24-22-16/h2-7H,8-9H2,1H3,(H,21,22,23,24). The van der Waals surface area contributed by atoms with Gasteiger partial charge < -0.3 is 4.74 Å². The number of carbonyl (C=O) groups is 1. The molecule has 0 radical (unpaired) electrons. The second kappa shape index (κ2) is 6.37. The van der Waals surface area contributed by atoms with Crippen LogP contribution in [0.15, 0.2) is 36.4 Å². The first-order chi connectivity index (χ1) is 12.5. The zero-order valence-electron chi connectivity index (χ0n) is 13.8. The molecule has 2 aromatic carbocycles. The molecule has 3 aromatic rings. The van der Waals surface area contributed by atoms with E-state index in [4.69, 9.17) is 27.9 Å². The van der Waals surface area contributed by atoms with Crippen molar-refractivity contribution >= 4 is 29.2 Å². The topological polar surface area (TPSA) is 80.8 Å². The summed E-state index contributed by atoms with van der Waals surface area (Å²) in [6, 6.07) is 12.0. The van der Waals surface area contributed by atoms with Crippen molar-refractivity contribution < 1.29 is 9.53 Å². The molecule has 0 saturated carbocycles.